The molecule has 0 spiro atoms. The van der Waals surface area contributed by atoms with E-state index in [4.69, 9.17) is 17.1 Å². The standard InChI is InChI=1S/C18H12Br2ClF2N3O/c19-11-8-13-16(26-6-4-24-18(26)25(13)5-3-22)15(20)14(11)17(27)10-7-9(23)1-2-12(10)21/h1-2,7-8H,3-6H2/i4D2,6D2. The van der Waals surface area contributed by atoms with E-state index in [2.05, 4.69) is 36.9 Å². The van der Waals surface area contributed by atoms with Gasteiger partial charge in [0.1, 0.15) is 12.5 Å². The zero-order valence-electron chi connectivity index (χ0n) is 17.4. The molecule has 2 aliphatic rings. The van der Waals surface area contributed by atoms with Crippen LogP contribution in [0.2, 0.25) is 5.02 Å². The first-order chi connectivity index (χ1) is 14.4. The first-order valence-corrected chi connectivity index (χ1v) is 9.64. The Hall–Kier alpha value is -1.51. The molecule has 0 fully saturated rings. The van der Waals surface area contributed by atoms with E-state index < -0.39 is 31.3 Å². The smallest absolute Gasteiger partial charge is 0.206 e. The van der Waals surface area contributed by atoms with Crippen LogP contribution in [0.5, 0.6) is 0 Å². The van der Waals surface area contributed by atoms with Gasteiger partial charge in [-0.25, -0.2) is 8.78 Å². The highest BCUT2D eigenvalue weighted by Crippen LogP contribution is 2.48. The van der Waals surface area contributed by atoms with Gasteiger partial charge in [0.15, 0.2) is 5.78 Å². The Balaban J connectivity index is 1.96. The molecule has 0 amide bonds. The van der Waals surface area contributed by atoms with Crippen molar-refractivity contribution in [3.8, 4) is 0 Å². The Kier molecular flexibility index (Phi) is 3.83. The van der Waals surface area contributed by atoms with Crippen LogP contribution >= 0.6 is 43.5 Å². The minimum absolute atomic E-state index is 0.0240. The monoisotopic (exact) mass is 521 g/mol. The number of anilines is 2. The van der Waals surface area contributed by atoms with Crippen LogP contribution in [0, 0.1) is 5.82 Å². The first-order valence-electron chi connectivity index (χ1n) is 9.67. The van der Waals surface area contributed by atoms with Gasteiger partial charge in [0.25, 0.3) is 0 Å². The fraction of sp³-hybridized carbons (Fsp3) is 0.222. The molecule has 9 heteroatoms. The van der Waals surface area contributed by atoms with Gasteiger partial charge in [-0.3, -0.25) is 9.79 Å². The van der Waals surface area contributed by atoms with E-state index in [9.17, 15) is 13.6 Å². The summed E-state index contributed by atoms with van der Waals surface area (Å²) in [5, 5.41) is 0.0276. The largest absolute Gasteiger partial charge is 0.307 e. The molecule has 27 heavy (non-hydrogen) atoms. The Labute approximate surface area is 181 Å². The van der Waals surface area contributed by atoms with Crippen LogP contribution in [0.15, 0.2) is 38.2 Å². The summed E-state index contributed by atoms with van der Waals surface area (Å²) in [5.41, 5.74) is 0.361. The van der Waals surface area contributed by atoms with Crippen LogP contribution in [0.25, 0.3) is 0 Å². The third-order valence-electron chi connectivity index (χ3n) is 4.15. The molecule has 140 valence electrons. The van der Waals surface area contributed by atoms with Crippen molar-refractivity contribution in [2.75, 3.05) is 36.0 Å². The summed E-state index contributed by atoms with van der Waals surface area (Å²) in [4.78, 5) is 19.4. The Morgan fingerprint density at radius 1 is 1.37 bits per heavy atom. The van der Waals surface area contributed by atoms with Crippen molar-refractivity contribution < 1.29 is 19.1 Å². The lowest BCUT2D eigenvalue weighted by Crippen LogP contribution is -2.36. The average molecular weight is 524 g/mol. The van der Waals surface area contributed by atoms with E-state index in [1.165, 1.54) is 17.0 Å². The summed E-state index contributed by atoms with van der Waals surface area (Å²) in [6.45, 7) is -6.23. The van der Waals surface area contributed by atoms with E-state index in [1.54, 1.807) is 0 Å². The number of benzene rings is 2. The van der Waals surface area contributed by atoms with Gasteiger partial charge in [-0.05, 0) is 56.1 Å². The first kappa shape index (κ1) is 14.5. The molecule has 0 saturated heterocycles. The van der Waals surface area contributed by atoms with Gasteiger partial charge in [-0.15, -0.1) is 0 Å². The molecule has 0 atom stereocenters. The molecule has 0 aromatic heterocycles. The summed E-state index contributed by atoms with van der Waals surface area (Å²) in [6, 6.07) is 4.85. The number of nitrogens with zero attached hydrogens (tertiary/aromatic N) is 3. The van der Waals surface area contributed by atoms with Gasteiger partial charge in [-0.1, -0.05) is 11.6 Å². The number of ketones is 1. The quantitative estimate of drug-likeness (QED) is 0.517. The maximum Gasteiger partial charge on any atom is 0.206 e. The van der Waals surface area contributed by atoms with Gasteiger partial charge < -0.3 is 9.80 Å². The molecule has 4 rings (SSSR count). The summed E-state index contributed by atoms with van der Waals surface area (Å²) >= 11 is 12.7. The second-order valence-electron chi connectivity index (χ2n) is 5.68. The van der Waals surface area contributed by atoms with Crippen molar-refractivity contribution in [3.63, 3.8) is 0 Å². The van der Waals surface area contributed by atoms with Crippen molar-refractivity contribution in [3.05, 3.63) is 55.2 Å². The number of hydrogen-bond donors (Lipinski definition) is 0. The Morgan fingerprint density at radius 2 is 2.15 bits per heavy atom. The fourth-order valence-electron chi connectivity index (χ4n) is 3.00. The van der Waals surface area contributed by atoms with Crippen LogP contribution < -0.4 is 9.80 Å². The maximum atomic E-state index is 13.8. The van der Waals surface area contributed by atoms with Crippen molar-refractivity contribution >= 4 is 66.6 Å². The highest BCUT2D eigenvalue weighted by molar-refractivity contribution is 9.11. The Morgan fingerprint density at radius 3 is 2.89 bits per heavy atom. The number of guanidine groups is 1. The lowest BCUT2D eigenvalue weighted by molar-refractivity contribution is 0.103. The van der Waals surface area contributed by atoms with Crippen molar-refractivity contribution in [2.24, 2.45) is 4.99 Å². The van der Waals surface area contributed by atoms with Crippen molar-refractivity contribution in [2.45, 2.75) is 0 Å². The SMILES string of the molecule is [2H]C1([2H])N=C2N(CCF)c3cc(Br)c(C(=O)c4cc(F)ccc4Cl)c(Br)c3N2C1([2H])[2H]. The van der Waals surface area contributed by atoms with E-state index in [-0.39, 0.29) is 43.3 Å². The van der Waals surface area contributed by atoms with Gasteiger partial charge >= 0.3 is 0 Å². The van der Waals surface area contributed by atoms with Crippen LogP contribution in [-0.2, 0) is 0 Å². The number of halogens is 5. The zero-order valence-corrected chi connectivity index (χ0v) is 17.3. The molecule has 2 aromatic carbocycles. The molecule has 0 radical (unpaired) electrons. The number of carbonyl (C=O) groups excluding carboxylic acids is 1. The number of fused-ring (bicyclic) bond motifs is 3. The molecule has 2 aliphatic heterocycles. The van der Waals surface area contributed by atoms with Crippen LogP contribution in [0.3, 0.4) is 0 Å². The highest BCUT2D eigenvalue weighted by Gasteiger charge is 2.39. The summed E-state index contributed by atoms with van der Waals surface area (Å²) in [5.74, 6) is -1.41. The third kappa shape index (κ3) is 2.98. The van der Waals surface area contributed by atoms with Crippen molar-refractivity contribution in [1.29, 1.82) is 0 Å². The van der Waals surface area contributed by atoms with E-state index in [1.807, 2.05) is 0 Å². The predicted octanol–water partition coefficient (Wildman–Crippen LogP) is 5.20. The Bertz CT molecular complexity index is 1170. The lowest BCUT2D eigenvalue weighted by atomic mass is 10.0. The van der Waals surface area contributed by atoms with Gasteiger partial charge in [-0.2, -0.15) is 0 Å². The topological polar surface area (TPSA) is 35.9 Å². The molecule has 0 aliphatic carbocycles. The lowest BCUT2D eigenvalue weighted by Gasteiger charge is -2.17. The number of carbonyl (C=O) groups is 1. The number of alkyl halides is 1. The molecule has 4 nitrogen and oxygen atoms in total. The predicted molar refractivity (Wildman–Crippen MR) is 110 cm³/mol. The average Bonchev–Trinajstić information content (AvgIpc) is 3.06. The molecular weight excluding hydrogens is 507 g/mol. The number of aliphatic imine (C=N–C) groups is 1. The third-order valence-corrected chi connectivity index (χ3v) is 5.88. The molecular formula is C18H12Br2ClF2N3O. The number of rotatable bonds is 4. The van der Waals surface area contributed by atoms with E-state index >= 15 is 0 Å². The van der Waals surface area contributed by atoms with Crippen LogP contribution in [0.1, 0.15) is 21.4 Å². The normalized spacial score (nSPS) is 21.0. The minimum Gasteiger partial charge on any atom is -0.307 e. The fourth-order valence-corrected chi connectivity index (χ4v) is 4.84. The van der Waals surface area contributed by atoms with Gasteiger partial charge in [0.2, 0.25) is 5.96 Å². The molecule has 2 heterocycles. The highest BCUT2D eigenvalue weighted by atomic mass is 79.9. The number of hydrogen-bond acceptors (Lipinski definition) is 4. The molecule has 0 N–H and O–H groups in total. The van der Waals surface area contributed by atoms with Crippen molar-refractivity contribution in [1.82, 2.24) is 0 Å². The molecule has 0 bridgehead atoms. The zero-order chi connectivity index (χ0) is 22.9. The molecule has 0 saturated carbocycles. The van der Waals surface area contributed by atoms with Crippen LogP contribution in [-0.4, -0.2) is 38.0 Å². The van der Waals surface area contributed by atoms with E-state index in [0.29, 0.717) is 5.69 Å². The molecule has 0 unspecified atom stereocenters. The maximum absolute atomic E-state index is 13.8. The van der Waals surface area contributed by atoms with Gasteiger partial charge in [0.05, 0.1) is 45.0 Å². The van der Waals surface area contributed by atoms with Gasteiger partial charge in [0, 0.05) is 16.5 Å². The molecule has 2 aromatic rings. The minimum atomic E-state index is -2.62. The summed E-state index contributed by atoms with van der Waals surface area (Å²) in [7, 11) is 0. The van der Waals surface area contributed by atoms with E-state index in [0.717, 1.165) is 17.0 Å². The summed E-state index contributed by atoms with van der Waals surface area (Å²) in [6.07, 6.45) is 0. The second kappa shape index (κ2) is 7.14. The van der Waals surface area contributed by atoms with Crippen LogP contribution in [0.4, 0.5) is 20.2 Å². The summed E-state index contributed by atoms with van der Waals surface area (Å²) < 4.78 is 60.0. The second-order valence-corrected chi connectivity index (χ2v) is 7.73.